The molecule has 1 saturated heterocycles. The number of benzene rings is 1. The van der Waals surface area contributed by atoms with E-state index in [1.165, 1.54) is 0 Å². The summed E-state index contributed by atoms with van der Waals surface area (Å²) < 4.78 is 5.74. The first kappa shape index (κ1) is 16.3. The van der Waals surface area contributed by atoms with Gasteiger partial charge in [-0.15, -0.1) is 0 Å². The van der Waals surface area contributed by atoms with Crippen LogP contribution in [-0.2, 0) is 9.53 Å². The number of piperidine rings is 1. The lowest BCUT2D eigenvalue weighted by Gasteiger charge is -2.31. The standard InChI is InChI=1S/C15H17BrClNO3/c1-2-21-15(20)11-4-3-7-18(9-11)14(19)10-5-6-13(17)12(16)8-10/h5-6,8,11H,2-4,7,9H2,1H3/t11-/m0/s1. The third-order valence-electron chi connectivity index (χ3n) is 3.50. The number of esters is 1. The maximum atomic E-state index is 12.5. The Hall–Kier alpha value is -1.07. The summed E-state index contributed by atoms with van der Waals surface area (Å²) in [6.45, 7) is 3.23. The van der Waals surface area contributed by atoms with Gasteiger partial charge in [-0.05, 0) is 53.9 Å². The average molecular weight is 375 g/mol. The molecule has 2 rings (SSSR count). The van der Waals surface area contributed by atoms with Gasteiger partial charge in [0.1, 0.15) is 0 Å². The van der Waals surface area contributed by atoms with E-state index in [4.69, 9.17) is 16.3 Å². The van der Waals surface area contributed by atoms with E-state index in [0.29, 0.717) is 34.8 Å². The largest absolute Gasteiger partial charge is 0.466 e. The lowest BCUT2D eigenvalue weighted by molar-refractivity contribution is -0.149. The fourth-order valence-electron chi connectivity index (χ4n) is 2.43. The number of rotatable bonds is 3. The maximum Gasteiger partial charge on any atom is 0.310 e. The Morgan fingerprint density at radius 2 is 2.24 bits per heavy atom. The lowest BCUT2D eigenvalue weighted by Crippen LogP contribution is -2.42. The third-order valence-corrected chi connectivity index (χ3v) is 4.71. The predicted molar refractivity (Wildman–Crippen MR) is 84.4 cm³/mol. The van der Waals surface area contributed by atoms with E-state index >= 15 is 0 Å². The Morgan fingerprint density at radius 1 is 1.48 bits per heavy atom. The minimum atomic E-state index is -0.224. The molecule has 6 heteroatoms. The topological polar surface area (TPSA) is 46.6 Å². The molecule has 1 aliphatic rings. The minimum absolute atomic E-state index is 0.0821. The van der Waals surface area contributed by atoms with Crippen molar-refractivity contribution in [3.8, 4) is 0 Å². The van der Waals surface area contributed by atoms with E-state index in [9.17, 15) is 9.59 Å². The molecule has 1 fully saturated rings. The molecule has 1 atom stereocenters. The fraction of sp³-hybridized carbons (Fsp3) is 0.467. The van der Waals surface area contributed by atoms with Gasteiger partial charge in [-0.25, -0.2) is 0 Å². The van der Waals surface area contributed by atoms with Crippen LogP contribution in [0.4, 0.5) is 0 Å². The third kappa shape index (κ3) is 3.98. The molecule has 0 saturated carbocycles. The molecular formula is C15H17BrClNO3. The first-order valence-electron chi connectivity index (χ1n) is 6.94. The smallest absolute Gasteiger partial charge is 0.310 e. The summed E-state index contributed by atoms with van der Waals surface area (Å²) in [5.41, 5.74) is 0.566. The van der Waals surface area contributed by atoms with Gasteiger partial charge in [-0.2, -0.15) is 0 Å². The first-order valence-corrected chi connectivity index (χ1v) is 8.11. The van der Waals surface area contributed by atoms with Crippen LogP contribution < -0.4 is 0 Å². The molecule has 4 nitrogen and oxygen atoms in total. The summed E-state index contributed by atoms with van der Waals surface area (Å²) in [4.78, 5) is 26.0. The van der Waals surface area contributed by atoms with Gasteiger partial charge in [-0.1, -0.05) is 11.6 Å². The normalized spacial score (nSPS) is 18.4. The zero-order valence-electron chi connectivity index (χ0n) is 11.8. The van der Waals surface area contributed by atoms with Crippen LogP contribution in [0, 0.1) is 5.92 Å². The van der Waals surface area contributed by atoms with Crippen molar-refractivity contribution in [3.63, 3.8) is 0 Å². The van der Waals surface area contributed by atoms with Crippen LogP contribution in [0.1, 0.15) is 30.1 Å². The van der Waals surface area contributed by atoms with Gasteiger partial charge in [-0.3, -0.25) is 9.59 Å². The van der Waals surface area contributed by atoms with E-state index in [1.54, 1.807) is 30.0 Å². The average Bonchev–Trinajstić information content (AvgIpc) is 2.49. The van der Waals surface area contributed by atoms with Crippen molar-refractivity contribution in [3.05, 3.63) is 33.3 Å². The van der Waals surface area contributed by atoms with Crippen LogP contribution in [0.25, 0.3) is 0 Å². The molecular weight excluding hydrogens is 358 g/mol. The highest BCUT2D eigenvalue weighted by Gasteiger charge is 2.29. The highest BCUT2D eigenvalue weighted by atomic mass is 79.9. The Labute approximate surface area is 137 Å². The second-order valence-electron chi connectivity index (χ2n) is 4.97. The van der Waals surface area contributed by atoms with Gasteiger partial charge in [0.05, 0.1) is 17.5 Å². The zero-order chi connectivity index (χ0) is 15.4. The van der Waals surface area contributed by atoms with Crippen molar-refractivity contribution in [2.24, 2.45) is 5.92 Å². The van der Waals surface area contributed by atoms with Crippen LogP contribution in [0.5, 0.6) is 0 Å². The van der Waals surface area contributed by atoms with E-state index in [1.807, 2.05) is 0 Å². The number of hydrogen-bond acceptors (Lipinski definition) is 3. The lowest BCUT2D eigenvalue weighted by atomic mass is 9.97. The maximum absolute atomic E-state index is 12.5. The molecule has 0 unspecified atom stereocenters. The summed E-state index contributed by atoms with van der Waals surface area (Å²) in [7, 11) is 0. The second-order valence-corrected chi connectivity index (χ2v) is 6.23. The summed E-state index contributed by atoms with van der Waals surface area (Å²) >= 11 is 9.25. The minimum Gasteiger partial charge on any atom is -0.466 e. The Kier molecular flexibility index (Phi) is 5.65. The second kappa shape index (κ2) is 7.27. The Morgan fingerprint density at radius 3 is 2.90 bits per heavy atom. The molecule has 114 valence electrons. The quantitative estimate of drug-likeness (QED) is 0.761. The van der Waals surface area contributed by atoms with Gasteiger partial charge in [0, 0.05) is 23.1 Å². The predicted octanol–water partition coefficient (Wildman–Crippen LogP) is 3.52. The number of nitrogens with zero attached hydrogens (tertiary/aromatic N) is 1. The number of likely N-dealkylation sites (tertiary alicyclic amines) is 1. The molecule has 0 N–H and O–H groups in total. The first-order chi connectivity index (χ1) is 10.0. The molecule has 21 heavy (non-hydrogen) atoms. The van der Waals surface area contributed by atoms with Gasteiger partial charge in [0.25, 0.3) is 5.91 Å². The number of carbonyl (C=O) groups excluding carboxylic acids is 2. The van der Waals surface area contributed by atoms with Crippen molar-refractivity contribution in [1.29, 1.82) is 0 Å². The van der Waals surface area contributed by atoms with Gasteiger partial charge in [0.2, 0.25) is 0 Å². The fourth-order valence-corrected chi connectivity index (χ4v) is 2.92. The van der Waals surface area contributed by atoms with Crippen molar-refractivity contribution >= 4 is 39.4 Å². The van der Waals surface area contributed by atoms with Crippen LogP contribution in [0.15, 0.2) is 22.7 Å². The van der Waals surface area contributed by atoms with Crippen LogP contribution in [0.2, 0.25) is 5.02 Å². The van der Waals surface area contributed by atoms with Crippen molar-refractivity contribution in [2.45, 2.75) is 19.8 Å². The number of halogens is 2. The monoisotopic (exact) mass is 373 g/mol. The summed E-state index contributed by atoms with van der Waals surface area (Å²) in [5, 5.41) is 0.564. The van der Waals surface area contributed by atoms with Crippen molar-refractivity contribution in [2.75, 3.05) is 19.7 Å². The molecule has 1 aliphatic heterocycles. The highest BCUT2D eigenvalue weighted by molar-refractivity contribution is 9.10. The summed E-state index contributed by atoms with van der Waals surface area (Å²) in [5.74, 6) is -0.521. The zero-order valence-corrected chi connectivity index (χ0v) is 14.1. The van der Waals surface area contributed by atoms with Gasteiger partial charge in [0.15, 0.2) is 0 Å². The Balaban J connectivity index is 2.08. The number of carbonyl (C=O) groups is 2. The molecule has 0 aromatic heterocycles. The van der Waals surface area contributed by atoms with Crippen LogP contribution in [-0.4, -0.2) is 36.5 Å². The van der Waals surface area contributed by atoms with E-state index in [-0.39, 0.29) is 17.8 Å². The molecule has 1 aromatic rings. The van der Waals surface area contributed by atoms with Crippen molar-refractivity contribution in [1.82, 2.24) is 4.90 Å². The number of amides is 1. The highest BCUT2D eigenvalue weighted by Crippen LogP contribution is 2.25. The van der Waals surface area contributed by atoms with Crippen LogP contribution >= 0.6 is 27.5 Å². The van der Waals surface area contributed by atoms with Crippen LogP contribution in [0.3, 0.4) is 0 Å². The van der Waals surface area contributed by atoms with Gasteiger partial charge >= 0.3 is 5.97 Å². The molecule has 0 spiro atoms. The molecule has 0 radical (unpaired) electrons. The molecule has 1 amide bonds. The summed E-state index contributed by atoms with van der Waals surface area (Å²) in [6.07, 6.45) is 1.58. The SMILES string of the molecule is CCOC(=O)[C@H]1CCCN(C(=O)c2ccc(Cl)c(Br)c2)C1. The molecule has 0 bridgehead atoms. The number of ether oxygens (including phenoxy) is 1. The molecule has 1 heterocycles. The van der Waals surface area contributed by atoms with E-state index < -0.39 is 0 Å². The van der Waals surface area contributed by atoms with E-state index in [0.717, 1.165) is 12.8 Å². The van der Waals surface area contributed by atoms with Crippen molar-refractivity contribution < 1.29 is 14.3 Å². The molecule has 0 aliphatic carbocycles. The Bertz CT molecular complexity index is 550. The summed E-state index contributed by atoms with van der Waals surface area (Å²) in [6, 6.07) is 5.09. The van der Waals surface area contributed by atoms with E-state index in [2.05, 4.69) is 15.9 Å². The number of hydrogen-bond donors (Lipinski definition) is 0. The molecule has 1 aromatic carbocycles. The van der Waals surface area contributed by atoms with Gasteiger partial charge < -0.3 is 9.64 Å².